The third kappa shape index (κ3) is 3.13. The molecule has 0 saturated heterocycles. The molecule has 0 atom stereocenters. The normalized spacial score (nSPS) is 12.4. The van der Waals surface area contributed by atoms with Crippen molar-refractivity contribution in [3.05, 3.63) is 35.7 Å². The van der Waals surface area contributed by atoms with E-state index in [0.717, 1.165) is 12.1 Å². The van der Waals surface area contributed by atoms with Crippen LogP contribution in [-0.2, 0) is 27.1 Å². The van der Waals surface area contributed by atoms with Crippen LogP contribution < -0.4 is 9.86 Å². The monoisotopic (exact) mass is 344 g/mol. The van der Waals surface area contributed by atoms with E-state index < -0.39 is 20.0 Å². The highest BCUT2D eigenvalue weighted by atomic mass is 32.2. The Labute approximate surface area is 129 Å². The minimum absolute atomic E-state index is 0.0671. The lowest BCUT2D eigenvalue weighted by Crippen LogP contribution is -2.15. The molecule has 0 radical (unpaired) electrons. The average molecular weight is 344 g/mol. The van der Waals surface area contributed by atoms with Crippen molar-refractivity contribution in [2.24, 2.45) is 12.2 Å². The zero-order valence-corrected chi connectivity index (χ0v) is 13.9. The number of nitrogens with one attached hydrogen (secondary N) is 1. The van der Waals surface area contributed by atoms with Gasteiger partial charge in [-0.05, 0) is 38.1 Å². The van der Waals surface area contributed by atoms with Gasteiger partial charge in [-0.3, -0.25) is 9.40 Å². The summed E-state index contributed by atoms with van der Waals surface area (Å²) in [7, 11) is -6.00. The lowest BCUT2D eigenvalue weighted by Gasteiger charge is -2.09. The first kappa shape index (κ1) is 16.5. The Morgan fingerprint density at radius 1 is 1.05 bits per heavy atom. The van der Waals surface area contributed by atoms with Gasteiger partial charge in [-0.15, -0.1) is 0 Å². The smallest absolute Gasteiger partial charge is 0.262 e. The molecule has 0 saturated carbocycles. The average Bonchev–Trinajstić information content (AvgIpc) is 2.64. The van der Waals surface area contributed by atoms with Crippen LogP contribution in [-0.4, -0.2) is 26.6 Å². The maximum atomic E-state index is 12.3. The molecule has 8 nitrogen and oxygen atoms in total. The first-order chi connectivity index (χ1) is 10.0. The Kier molecular flexibility index (Phi) is 4.02. The molecule has 0 bridgehead atoms. The molecule has 22 heavy (non-hydrogen) atoms. The Morgan fingerprint density at radius 3 is 1.95 bits per heavy atom. The highest BCUT2D eigenvalue weighted by Gasteiger charge is 2.20. The number of primary sulfonamides is 1. The summed E-state index contributed by atoms with van der Waals surface area (Å²) in [4.78, 5) is -0.220. The Morgan fingerprint density at radius 2 is 1.55 bits per heavy atom. The predicted molar refractivity (Wildman–Crippen MR) is 81.3 cm³/mol. The van der Waals surface area contributed by atoms with Crippen molar-refractivity contribution < 1.29 is 16.8 Å². The maximum absolute atomic E-state index is 12.3. The predicted octanol–water partition coefficient (Wildman–Crippen LogP) is 0.485. The number of aryl methyl sites for hydroxylation is 2. The minimum Gasteiger partial charge on any atom is -0.276 e. The molecule has 0 aliphatic rings. The number of hydrogen-bond donors (Lipinski definition) is 2. The molecule has 1 aromatic heterocycles. The summed E-state index contributed by atoms with van der Waals surface area (Å²) < 4.78 is 51.1. The van der Waals surface area contributed by atoms with E-state index in [1.165, 1.54) is 12.1 Å². The van der Waals surface area contributed by atoms with E-state index in [4.69, 9.17) is 5.14 Å². The van der Waals surface area contributed by atoms with Crippen LogP contribution in [0.5, 0.6) is 0 Å². The van der Waals surface area contributed by atoms with Gasteiger partial charge in [-0.2, -0.15) is 5.10 Å². The molecule has 1 heterocycles. The van der Waals surface area contributed by atoms with Crippen molar-refractivity contribution in [1.29, 1.82) is 0 Å². The molecule has 2 rings (SSSR count). The molecule has 0 amide bonds. The molecule has 120 valence electrons. The molecule has 3 N–H and O–H groups in total. The van der Waals surface area contributed by atoms with Gasteiger partial charge in [0.05, 0.1) is 26.9 Å². The van der Waals surface area contributed by atoms with Gasteiger partial charge in [0.1, 0.15) is 0 Å². The van der Waals surface area contributed by atoms with Crippen LogP contribution in [0.3, 0.4) is 0 Å². The fraction of sp³-hybridized carbons (Fsp3) is 0.250. The van der Waals surface area contributed by atoms with E-state index in [-0.39, 0.29) is 9.79 Å². The molecule has 0 fully saturated rings. The van der Waals surface area contributed by atoms with Crippen molar-refractivity contribution in [2.75, 3.05) is 4.72 Å². The number of hydrogen-bond acceptors (Lipinski definition) is 5. The highest BCUT2D eigenvalue weighted by Crippen LogP contribution is 2.23. The highest BCUT2D eigenvalue weighted by molar-refractivity contribution is 7.92. The number of nitrogens with two attached hydrogens (primary N) is 1. The number of anilines is 1. The van der Waals surface area contributed by atoms with Crippen molar-refractivity contribution >= 4 is 25.7 Å². The summed E-state index contributed by atoms with van der Waals surface area (Å²) in [5.41, 5.74) is 1.62. The lowest BCUT2D eigenvalue weighted by molar-refractivity contribution is 0.595. The van der Waals surface area contributed by atoms with Gasteiger partial charge in [0, 0.05) is 7.05 Å². The molecule has 10 heteroatoms. The second-order valence-electron chi connectivity index (χ2n) is 4.79. The molecule has 1 aromatic carbocycles. The summed E-state index contributed by atoms with van der Waals surface area (Å²) in [6.45, 7) is 3.43. The van der Waals surface area contributed by atoms with E-state index in [9.17, 15) is 16.8 Å². The number of benzene rings is 1. The van der Waals surface area contributed by atoms with Gasteiger partial charge >= 0.3 is 0 Å². The fourth-order valence-corrected chi connectivity index (χ4v) is 3.61. The van der Waals surface area contributed by atoms with Crippen molar-refractivity contribution in [3.63, 3.8) is 0 Å². The van der Waals surface area contributed by atoms with E-state index in [2.05, 4.69) is 9.82 Å². The molecule has 0 aliphatic carbocycles. The zero-order chi connectivity index (χ0) is 16.7. The first-order valence-electron chi connectivity index (χ1n) is 6.18. The number of aromatic nitrogens is 2. The maximum Gasteiger partial charge on any atom is 0.262 e. The van der Waals surface area contributed by atoms with E-state index >= 15 is 0 Å². The Balaban J connectivity index is 2.39. The van der Waals surface area contributed by atoms with Crippen LogP contribution in [0.2, 0.25) is 0 Å². The number of rotatable bonds is 4. The molecular formula is C12H16N4O4S2. The van der Waals surface area contributed by atoms with Gasteiger partial charge in [-0.1, -0.05) is 0 Å². The van der Waals surface area contributed by atoms with Gasteiger partial charge in [-0.25, -0.2) is 22.0 Å². The van der Waals surface area contributed by atoms with E-state index in [0.29, 0.717) is 17.1 Å². The van der Waals surface area contributed by atoms with Crippen molar-refractivity contribution in [2.45, 2.75) is 23.6 Å². The quantitative estimate of drug-likeness (QED) is 0.835. The Bertz CT molecular complexity index is 913. The number of sulfonamides is 2. The van der Waals surface area contributed by atoms with Crippen LogP contribution in [0.15, 0.2) is 34.1 Å². The largest absolute Gasteiger partial charge is 0.276 e. The molecule has 2 aromatic rings. The minimum atomic E-state index is -3.86. The topological polar surface area (TPSA) is 124 Å². The summed E-state index contributed by atoms with van der Waals surface area (Å²) in [5, 5.41) is 9.11. The molecule has 0 aliphatic heterocycles. The standard InChI is InChI=1S/C12H16N4O4S2/c1-8-12(9(2)16(3)14-8)15-22(19,20)11-6-4-10(5-7-11)21(13,17)18/h4-7,15H,1-3H3,(H2,13,17,18). The van der Waals surface area contributed by atoms with Crippen LogP contribution in [0.25, 0.3) is 0 Å². The van der Waals surface area contributed by atoms with Gasteiger partial charge < -0.3 is 0 Å². The van der Waals surface area contributed by atoms with Crippen molar-refractivity contribution in [1.82, 2.24) is 9.78 Å². The van der Waals surface area contributed by atoms with Gasteiger partial charge in [0.2, 0.25) is 10.0 Å². The summed E-state index contributed by atoms with van der Waals surface area (Å²) in [6, 6.07) is 4.66. The van der Waals surface area contributed by atoms with Crippen molar-refractivity contribution in [3.8, 4) is 0 Å². The second kappa shape index (κ2) is 5.38. The summed E-state index contributed by atoms with van der Waals surface area (Å²) >= 11 is 0. The lowest BCUT2D eigenvalue weighted by atomic mass is 10.3. The third-order valence-corrected chi connectivity index (χ3v) is 5.50. The second-order valence-corrected chi connectivity index (χ2v) is 8.04. The zero-order valence-electron chi connectivity index (χ0n) is 12.2. The third-order valence-electron chi connectivity index (χ3n) is 3.21. The van der Waals surface area contributed by atoms with Crippen LogP contribution in [0.1, 0.15) is 11.4 Å². The summed E-state index contributed by atoms with van der Waals surface area (Å²) in [6.07, 6.45) is 0. The van der Waals surface area contributed by atoms with E-state index in [1.54, 1.807) is 25.6 Å². The van der Waals surface area contributed by atoms with Gasteiger partial charge in [0.15, 0.2) is 0 Å². The SMILES string of the molecule is Cc1nn(C)c(C)c1NS(=O)(=O)c1ccc(S(N)(=O)=O)cc1. The van der Waals surface area contributed by atoms with Crippen LogP contribution >= 0.6 is 0 Å². The number of nitrogens with zero attached hydrogens (tertiary/aromatic N) is 2. The van der Waals surface area contributed by atoms with Gasteiger partial charge in [0.25, 0.3) is 10.0 Å². The van der Waals surface area contributed by atoms with Crippen LogP contribution in [0, 0.1) is 13.8 Å². The molecule has 0 unspecified atom stereocenters. The molecular weight excluding hydrogens is 328 g/mol. The summed E-state index contributed by atoms with van der Waals surface area (Å²) in [5.74, 6) is 0. The fourth-order valence-electron chi connectivity index (χ4n) is 1.92. The Hall–Kier alpha value is -1.91. The molecule has 0 spiro atoms. The van der Waals surface area contributed by atoms with Crippen LogP contribution in [0.4, 0.5) is 5.69 Å². The van der Waals surface area contributed by atoms with E-state index in [1.807, 2.05) is 0 Å². The first-order valence-corrected chi connectivity index (χ1v) is 9.21.